The van der Waals surface area contributed by atoms with E-state index in [4.69, 9.17) is 4.74 Å². The van der Waals surface area contributed by atoms with Crippen LogP contribution in [0, 0.1) is 5.41 Å². The zero-order valence-corrected chi connectivity index (χ0v) is 22.5. The first-order valence-electron chi connectivity index (χ1n) is 13.1. The van der Waals surface area contributed by atoms with E-state index in [1.54, 1.807) is 31.4 Å². The Morgan fingerprint density at radius 3 is 2.13 bits per heavy atom. The molecule has 6 nitrogen and oxygen atoms in total. The van der Waals surface area contributed by atoms with E-state index in [9.17, 15) is 14.4 Å². The Labute approximate surface area is 228 Å². The lowest BCUT2D eigenvalue weighted by molar-refractivity contribution is -0.118. The van der Waals surface area contributed by atoms with Gasteiger partial charge in [0.25, 0.3) is 0 Å². The second-order valence-electron chi connectivity index (χ2n) is 11.2. The molecule has 1 atom stereocenters. The molecular weight excluding hydrogens is 488 g/mol. The van der Waals surface area contributed by atoms with Crippen molar-refractivity contribution in [1.29, 1.82) is 0 Å². The van der Waals surface area contributed by atoms with Crippen molar-refractivity contribution < 1.29 is 19.1 Å². The fourth-order valence-electron chi connectivity index (χ4n) is 6.16. The van der Waals surface area contributed by atoms with Crippen LogP contribution >= 0.6 is 0 Å². The number of rotatable bonds is 3. The van der Waals surface area contributed by atoms with Crippen molar-refractivity contribution in [3.63, 3.8) is 0 Å². The molecule has 0 unspecified atom stereocenters. The van der Waals surface area contributed by atoms with Crippen LogP contribution in [-0.4, -0.2) is 24.5 Å². The van der Waals surface area contributed by atoms with E-state index in [1.165, 1.54) is 0 Å². The van der Waals surface area contributed by atoms with E-state index in [2.05, 4.69) is 19.2 Å². The van der Waals surface area contributed by atoms with Crippen LogP contribution in [0.15, 0.2) is 95.3 Å². The van der Waals surface area contributed by atoms with Crippen molar-refractivity contribution in [2.24, 2.45) is 5.41 Å². The fraction of sp³-hybridized carbons (Fsp3) is 0.242. The quantitative estimate of drug-likeness (QED) is 0.309. The number of carbonyl (C=O) groups is 3. The Hall–Kier alpha value is -4.45. The van der Waals surface area contributed by atoms with Crippen molar-refractivity contribution in [3.8, 4) is 5.75 Å². The number of Topliss-reactive ketones (excluding diaryl/α,β-unsaturated/α-hetero) is 3. The molecule has 0 radical (unpaired) electrons. The third-order valence-electron chi connectivity index (χ3n) is 7.93. The highest BCUT2D eigenvalue weighted by Gasteiger charge is 2.44. The molecule has 0 fully saturated rings. The molecule has 0 amide bonds. The number of anilines is 2. The maximum atomic E-state index is 14.0. The SMILES string of the molecule is COc1ccc([C@H]2C3=C(CC(C)(C)CC3=O)Nc3ccccc3N2C(C)=C2C(=O)c3ccccc3C2=O)cc1. The zero-order chi connectivity index (χ0) is 27.5. The molecule has 0 saturated carbocycles. The number of allylic oxidation sites excluding steroid dienone is 3. The normalized spacial score (nSPS) is 19.7. The van der Waals surface area contributed by atoms with Gasteiger partial charge in [-0.1, -0.05) is 62.4 Å². The van der Waals surface area contributed by atoms with Crippen molar-refractivity contribution in [2.45, 2.75) is 39.7 Å². The summed E-state index contributed by atoms with van der Waals surface area (Å²) in [6.07, 6.45) is 1.10. The second-order valence-corrected chi connectivity index (χ2v) is 11.2. The number of carbonyl (C=O) groups excluding carboxylic acids is 3. The molecule has 1 N–H and O–H groups in total. The van der Waals surface area contributed by atoms with Crippen molar-refractivity contribution >= 4 is 28.7 Å². The largest absolute Gasteiger partial charge is 0.497 e. The number of hydrogen-bond acceptors (Lipinski definition) is 6. The molecule has 0 bridgehead atoms. The summed E-state index contributed by atoms with van der Waals surface area (Å²) in [6, 6.07) is 21.8. The molecule has 2 aliphatic carbocycles. The Kier molecular flexibility index (Phi) is 5.79. The Morgan fingerprint density at radius 1 is 0.872 bits per heavy atom. The topological polar surface area (TPSA) is 75.7 Å². The minimum Gasteiger partial charge on any atom is -0.497 e. The number of para-hydroxylation sites is 2. The van der Waals surface area contributed by atoms with E-state index in [-0.39, 0.29) is 28.3 Å². The van der Waals surface area contributed by atoms with Crippen LogP contribution in [-0.2, 0) is 4.79 Å². The number of nitrogens with zero attached hydrogens (tertiary/aromatic N) is 1. The van der Waals surface area contributed by atoms with E-state index in [0.717, 1.165) is 22.6 Å². The molecule has 6 heteroatoms. The summed E-state index contributed by atoms with van der Waals surface area (Å²) in [5.41, 5.74) is 5.28. The molecular formula is C33H30N2O4. The summed E-state index contributed by atoms with van der Waals surface area (Å²) in [7, 11) is 1.62. The van der Waals surface area contributed by atoms with Gasteiger partial charge in [-0.3, -0.25) is 14.4 Å². The molecule has 3 aromatic carbocycles. The van der Waals surface area contributed by atoms with Gasteiger partial charge in [-0.2, -0.15) is 0 Å². The maximum absolute atomic E-state index is 14.0. The average Bonchev–Trinajstić information content (AvgIpc) is 3.07. The smallest absolute Gasteiger partial charge is 0.199 e. The predicted octanol–water partition coefficient (Wildman–Crippen LogP) is 6.66. The molecule has 3 aromatic rings. The Bertz CT molecular complexity index is 1570. The van der Waals surface area contributed by atoms with Gasteiger partial charge in [-0.15, -0.1) is 0 Å². The highest BCUT2D eigenvalue weighted by Crippen LogP contribution is 2.50. The van der Waals surface area contributed by atoms with Crippen LogP contribution in [0.4, 0.5) is 11.4 Å². The van der Waals surface area contributed by atoms with Gasteiger partial charge in [-0.25, -0.2) is 0 Å². The number of methoxy groups -OCH3 is 1. The van der Waals surface area contributed by atoms with Crippen LogP contribution in [0.3, 0.4) is 0 Å². The molecule has 3 aliphatic rings. The summed E-state index contributed by atoms with van der Waals surface area (Å²) in [4.78, 5) is 43.2. The standard InChI is InChI=1S/C33H30N2O4/c1-19(28-31(37)22-9-5-6-10-23(22)32(28)38)35-26-12-8-7-11-24(26)34-25-17-33(2,3)18-27(36)29(25)30(35)20-13-15-21(39-4)16-14-20/h5-16,30,34H,17-18H2,1-4H3/t30-/m0/s1. The summed E-state index contributed by atoms with van der Waals surface area (Å²) >= 11 is 0. The van der Waals surface area contributed by atoms with Gasteiger partial charge >= 0.3 is 0 Å². The van der Waals surface area contributed by atoms with Crippen LogP contribution in [0.5, 0.6) is 5.75 Å². The van der Waals surface area contributed by atoms with Crippen molar-refractivity contribution in [3.05, 3.63) is 112 Å². The number of nitrogens with one attached hydrogen (secondary N) is 1. The highest BCUT2D eigenvalue weighted by molar-refractivity contribution is 6.40. The second kappa shape index (κ2) is 9.09. The number of ether oxygens (including phenoxy) is 1. The van der Waals surface area contributed by atoms with Gasteiger partial charge < -0.3 is 15.0 Å². The lowest BCUT2D eigenvalue weighted by atomic mass is 9.73. The number of ketones is 3. The molecule has 0 spiro atoms. The first kappa shape index (κ1) is 24.9. The van der Waals surface area contributed by atoms with Crippen LogP contribution < -0.4 is 15.0 Å². The highest BCUT2D eigenvalue weighted by atomic mass is 16.5. The molecule has 6 rings (SSSR count). The van der Waals surface area contributed by atoms with Gasteiger partial charge in [0.05, 0.1) is 30.1 Å². The first-order valence-corrected chi connectivity index (χ1v) is 13.1. The van der Waals surface area contributed by atoms with E-state index in [0.29, 0.717) is 41.0 Å². The van der Waals surface area contributed by atoms with Crippen LogP contribution in [0.1, 0.15) is 65.9 Å². The van der Waals surface area contributed by atoms with Gasteiger partial charge in [0.15, 0.2) is 17.3 Å². The van der Waals surface area contributed by atoms with Gasteiger partial charge in [0, 0.05) is 34.5 Å². The third kappa shape index (κ3) is 3.98. The average molecular weight is 519 g/mol. The van der Waals surface area contributed by atoms with Crippen molar-refractivity contribution in [1.82, 2.24) is 0 Å². The Morgan fingerprint density at radius 2 is 1.49 bits per heavy atom. The molecule has 0 aromatic heterocycles. The fourth-order valence-corrected chi connectivity index (χ4v) is 6.16. The molecule has 39 heavy (non-hydrogen) atoms. The first-order chi connectivity index (χ1) is 18.7. The van der Waals surface area contributed by atoms with Gasteiger partial charge in [0.2, 0.25) is 0 Å². The Balaban J connectivity index is 1.64. The predicted molar refractivity (Wildman–Crippen MR) is 151 cm³/mol. The van der Waals surface area contributed by atoms with Crippen molar-refractivity contribution in [2.75, 3.05) is 17.3 Å². The third-order valence-corrected chi connectivity index (χ3v) is 7.93. The van der Waals surface area contributed by atoms with Gasteiger partial charge in [0.1, 0.15) is 5.75 Å². The molecule has 1 aliphatic heterocycles. The van der Waals surface area contributed by atoms with E-state index in [1.807, 2.05) is 60.4 Å². The zero-order valence-electron chi connectivity index (χ0n) is 22.5. The van der Waals surface area contributed by atoms with E-state index < -0.39 is 6.04 Å². The summed E-state index contributed by atoms with van der Waals surface area (Å²) in [6.45, 7) is 6.02. The van der Waals surface area contributed by atoms with Crippen LogP contribution in [0.2, 0.25) is 0 Å². The molecule has 1 heterocycles. The maximum Gasteiger partial charge on any atom is 0.199 e. The summed E-state index contributed by atoms with van der Waals surface area (Å²) < 4.78 is 5.41. The number of hydrogen-bond donors (Lipinski definition) is 1. The minimum absolute atomic E-state index is 0.0533. The lowest BCUT2D eigenvalue weighted by Crippen LogP contribution is -2.36. The summed E-state index contributed by atoms with van der Waals surface area (Å²) in [5.74, 6) is 0.176. The van der Waals surface area contributed by atoms with Gasteiger partial charge in [-0.05, 0) is 48.6 Å². The molecule has 196 valence electrons. The molecule has 0 saturated heterocycles. The number of benzene rings is 3. The summed E-state index contributed by atoms with van der Waals surface area (Å²) in [5, 5.41) is 3.58. The minimum atomic E-state index is -0.553. The monoisotopic (exact) mass is 518 g/mol. The lowest BCUT2D eigenvalue weighted by Gasteiger charge is -2.38. The van der Waals surface area contributed by atoms with Crippen LogP contribution in [0.25, 0.3) is 0 Å². The van der Waals surface area contributed by atoms with E-state index >= 15 is 0 Å². The number of fused-ring (bicyclic) bond motifs is 2.